The molecule has 2 aromatic rings. The van der Waals surface area contributed by atoms with E-state index in [4.69, 9.17) is 14.2 Å². The Labute approximate surface area is 253 Å². The number of nitrogens with zero attached hydrogens (tertiary/aromatic N) is 1. The van der Waals surface area contributed by atoms with Crippen LogP contribution in [0.25, 0.3) is 0 Å². The maximum Gasteiger partial charge on any atom is 0.329 e. The zero-order chi connectivity index (χ0) is 30.9. The Morgan fingerprint density at radius 3 is 2.45 bits per heavy atom. The summed E-state index contributed by atoms with van der Waals surface area (Å²) in [5, 5.41) is 2.78. The first kappa shape index (κ1) is 33.0. The lowest BCUT2D eigenvalue weighted by molar-refractivity contribution is -0.164. The van der Waals surface area contributed by atoms with Crippen LogP contribution in [0.4, 0.5) is 5.69 Å². The number of hydrogen-bond acceptors (Lipinski definition) is 8. The molecular weight excluding hydrogens is 556 g/mol. The fourth-order valence-electron chi connectivity index (χ4n) is 4.86. The van der Waals surface area contributed by atoms with Crippen LogP contribution < -0.4 is 14.8 Å². The number of carbonyl (C=O) groups is 4. The Morgan fingerprint density at radius 2 is 1.79 bits per heavy atom. The van der Waals surface area contributed by atoms with E-state index in [1.54, 1.807) is 46.3 Å². The van der Waals surface area contributed by atoms with Crippen LogP contribution in [-0.4, -0.2) is 61.0 Å². The van der Waals surface area contributed by atoms with Gasteiger partial charge in [-0.05, 0) is 73.9 Å². The second-order valence-electron chi connectivity index (χ2n) is 11.1. The first-order valence-corrected chi connectivity index (χ1v) is 14.9. The number of anilines is 1. The maximum atomic E-state index is 13.7. The first-order chi connectivity index (χ1) is 20.0. The maximum absolute atomic E-state index is 13.7. The van der Waals surface area contributed by atoms with Crippen LogP contribution in [0.5, 0.6) is 11.5 Å². The molecule has 1 aliphatic rings. The SMILES string of the molecule is CCC(C)(C)C(=O)C(=O)N1CCCC[C@H]1C(=O)O[C@H](CCc1ccc(OC)c(OC)c1)c1cccc(NC(=O)CS)c1. The number of methoxy groups -OCH3 is 2. The van der Waals surface area contributed by atoms with Gasteiger partial charge in [0, 0.05) is 17.6 Å². The molecule has 0 aliphatic carbocycles. The lowest BCUT2D eigenvalue weighted by Crippen LogP contribution is -2.53. The van der Waals surface area contributed by atoms with Crippen molar-refractivity contribution in [1.29, 1.82) is 0 Å². The highest BCUT2D eigenvalue weighted by Crippen LogP contribution is 2.32. The quantitative estimate of drug-likeness (QED) is 0.186. The molecule has 2 amide bonds. The lowest BCUT2D eigenvalue weighted by atomic mass is 9.84. The number of piperidine rings is 1. The molecule has 42 heavy (non-hydrogen) atoms. The Balaban J connectivity index is 1.88. The number of likely N-dealkylation sites (tertiary alicyclic amines) is 1. The number of Topliss-reactive ketones (excluding diaryl/α,β-unsaturated/α-hetero) is 1. The molecule has 10 heteroatoms. The molecule has 3 rings (SSSR count). The summed E-state index contributed by atoms with van der Waals surface area (Å²) in [6, 6.07) is 11.9. The average Bonchev–Trinajstić information content (AvgIpc) is 3.01. The minimum atomic E-state index is -0.849. The largest absolute Gasteiger partial charge is 0.493 e. The Kier molecular flexibility index (Phi) is 11.8. The zero-order valence-corrected chi connectivity index (χ0v) is 26.0. The molecule has 9 nitrogen and oxygen atoms in total. The average molecular weight is 599 g/mol. The topological polar surface area (TPSA) is 111 Å². The summed E-state index contributed by atoms with van der Waals surface area (Å²) in [4.78, 5) is 53.3. The predicted octanol–water partition coefficient (Wildman–Crippen LogP) is 5.18. The third-order valence-electron chi connectivity index (χ3n) is 7.82. The van der Waals surface area contributed by atoms with Crippen molar-refractivity contribution < 1.29 is 33.4 Å². The molecule has 0 saturated carbocycles. The van der Waals surface area contributed by atoms with E-state index in [2.05, 4.69) is 17.9 Å². The molecule has 0 bridgehead atoms. The summed E-state index contributed by atoms with van der Waals surface area (Å²) in [7, 11) is 3.14. The Morgan fingerprint density at radius 1 is 1.05 bits per heavy atom. The van der Waals surface area contributed by atoms with Crippen molar-refractivity contribution in [3.8, 4) is 11.5 Å². The second kappa shape index (κ2) is 15.1. The lowest BCUT2D eigenvalue weighted by Gasteiger charge is -2.36. The van der Waals surface area contributed by atoms with Gasteiger partial charge < -0.3 is 24.4 Å². The minimum Gasteiger partial charge on any atom is -0.493 e. The smallest absolute Gasteiger partial charge is 0.329 e. The molecule has 1 aliphatic heterocycles. The van der Waals surface area contributed by atoms with Gasteiger partial charge in [-0.15, -0.1) is 0 Å². The Hall–Kier alpha value is -3.53. The number of ketones is 1. The summed E-state index contributed by atoms with van der Waals surface area (Å²) < 4.78 is 16.9. The third-order valence-corrected chi connectivity index (χ3v) is 8.10. The molecule has 0 radical (unpaired) electrons. The number of nitrogens with one attached hydrogen (secondary N) is 1. The van der Waals surface area contributed by atoms with Crippen LogP contribution in [0.3, 0.4) is 0 Å². The molecule has 1 N–H and O–H groups in total. The molecule has 228 valence electrons. The highest BCUT2D eigenvalue weighted by atomic mass is 32.1. The molecule has 2 aromatic carbocycles. The molecule has 0 unspecified atom stereocenters. The fraction of sp³-hybridized carbons (Fsp3) is 0.500. The third kappa shape index (κ3) is 8.27. The summed E-state index contributed by atoms with van der Waals surface area (Å²) in [6.07, 6.45) is 2.68. The van der Waals surface area contributed by atoms with Gasteiger partial charge in [-0.3, -0.25) is 14.4 Å². The van der Waals surface area contributed by atoms with Gasteiger partial charge in [0.05, 0.1) is 20.0 Å². The van der Waals surface area contributed by atoms with E-state index in [0.29, 0.717) is 61.4 Å². The van der Waals surface area contributed by atoms with E-state index in [1.807, 2.05) is 31.2 Å². The molecule has 0 aromatic heterocycles. The number of thiol groups is 1. The summed E-state index contributed by atoms with van der Waals surface area (Å²) >= 11 is 4.03. The van der Waals surface area contributed by atoms with Crippen molar-refractivity contribution in [2.24, 2.45) is 5.41 Å². The van der Waals surface area contributed by atoms with Gasteiger partial charge in [-0.25, -0.2) is 4.79 Å². The molecule has 0 spiro atoms. The molecule has 1 fully saturated rings. The van der Waals surface area contributed by atoms with E-state index in [-0.39, 0.29) is 11.7 Å². The number of amides is 2. The van der Waals surface area contributed by atoms with Gasteiger partial charge >= 0.3 is 5.97 Å². The van der Waals surface area contributed by atoms with Crippen molar-refractivity contribution in [3.05, 3.63) is 53.6 Å². The van der Waals surface area contributed by atoms with E-state index in [9.17, 15) is 19.2 Å². The highest BCUT2D eigenvalue weighted by Gasteiger charge is 2.41. The van der Waals surface area contributed by atoms with Gasteiger partial charge in [0.1, 0.15) is 12.1 Å². The number of esters is 1. The first-order valence-electron chi connectivity index (χ1n) is 14.3. The zero-order valence-electron chi connectivity index (χ0n) is 25.1. The number of carbonyl (C=O) groups excluding carboxylic acids is 4. The normalized spacial score (nSPS) is 15.9. The molecule has 1 heterocycles. The van der Waals surface area contributed by atoms with Crippen LogP contribution in [0.1, 0.15) is 70.1 Å². The van der Waals surface area contributed by atoms with E-state index in [0.717, 1.165) is 12.0 Å². The van der Waals surface area contributed by atoms with Gasteiger partial charge in [0.15, 0.2) is 11.5 Å². The van der Waals surface area contributed by atoms with Crippen LogP contribution in [0, 0.1) is 5.41 Å². The summed E-state index contributed by atoms with van der Waals surface area (Å²) in [6.45, 7) is 5.68. The number of aryl methyl sites for hydroxylation is 1. The number of benzene rings is 2. The van der Waals surface area contributed by atoms with Crippen LogP contribution in [0.2, 0.25) is 0 Å². The van der Waals surface area contributed by atoms with Gasteiger partial charge in [0.2, 0.25) is 11.7 Å². The van der Waals surface area contributed by atoms with Crippen LogP contribution in [-0.2, 0) is 30.3 Å². The van der Waals surface area contributed by atoms with Crippen molar-refractivity contribution in [2.45, 2.75) is 71.4 Å². The van der Waals surface area contributed by atoms with E-state index in [1.165, 1.54) is 4.90 Å². The molecule has 1 saturated heterocycles. The highest BCUT2D eigenvalue weighted by molar-refractivity contribution is 7.81. The monoisotopic (exact) mass is 598 g/mol. The second-order valence-corrected chi connectivity index (χ2v) is 11.4. The van der Waals surface area contributed by atoms with Gasteiger partial charge in [-0.1, -0.05) is 39.0 Å². The number of ether oxygens (including phenoxy) is 3. The molecule has 2 atom stereocenters. The summed E-state index contributed by atoms with van der Waals surface area (Å²) in [5.74, 6) is -0.710. The summed E-state index contributed by atoms with van der Waals surface area (Å²) in [5.41, 5.74) is 1.39. The minimum absolute atomic E-state index is 0.0288. The number of rotatable bonds is 13. The van der Waals surface area contributed by atoms with Gasteiger partial charge in [0.25, 0.3) is 5.91 Å². The van der Waals surface area contributed by atoms with Gasteiger partial charge in [-0.2, -0.15) is 12.6 Å². The molecular formula is C32H42N2O7S. The van der Waals surface area contributed by atoms with Crippen molar-refractivity contribution >= 4 is 41.9 Å². The van der Waals surface area contributed by atoms with E-state index >= 15 is 0 Å². The van der Waals surface area contributed by atoms with Crippen molar-refractivity contribution in [1.82, 2.24) is 4.90 Å². The van der Waals surface area contributed by atoms with Crippen LogP contribution in [0.15, 0.2) is 42.5 Å². The Bertz CT molecular complexity index is 1280. The standard InChI is InChI=1S/C32H42N2O7S/c1-6-32(2,3)29(36)30(37)34-17-8-7-12-24(34)31(38)41-25(22-10-9-11-23(19-22)33-28(35)20-42)15-13-21-14-16-26(39-4)27(18-21)40-5/h9-11,14,16,18-19,24-25,42H,6-8,12-13,15,17,20H2,1-5H3,(H,33,35)/t24-,25+/m0/s1. The van der Waals surface area contributed by atoms with Crippen molar-refractivity contribution in [2.75, 3.05) is 31.8 Å². The van der Waals surface area contributed by atoms with E-state index < -0.39 is 35.2 Å². The van der Waals surface area contributed by atoms with Crippen molar-refractivity contribution in [3.63, 3.8) is 0 Å². The predicted molar refractivity (Wildman–Crippen MR) is 164 cm³/mol. The number of hydrogen-bond donors (Lipinski definition) is 2. The fourth-order valence-corrected chi connectivity index (χ4v) is 4.94. The van der Waals surface area contributed by atoms with Crippen LogP contribution >= 0.6 is 12.6 Å².